The van der Waals surface area contributed by atoms with Crippen molar-refractivity contribution in [2.75, 3.05) is 0 Å². The van der Waals surface area contributed by atoms with E-state index in [-0.39, 0.29) is 11.6 Å². The fourth-order valence-electron chi connectivity index (χ4n) is 1.60. The summed E-state index contributed by atoms with van der Waals surface area (Å²) < 4.78 is 1.68. The minimum atomic E-state index is -0.199. The average Bonchev–Trinajstić information content (AvgIpc) is 2.08. The highest BCUT2D eigenvalue weighted by Gasteiger charge is 2.10. The number of rotatable bonds is 2. The first-order valence-electron chi connectivity index (χ1n) is 4.90. The largest absolute Gasteiger partial charge is 0.324 e. The summed E-state index contributed by atoms with van der Waals surface area (Å²) in [6.45, 7) is 5.96. The third-order valence-electron chi connectivity index (χ3n) is 2.45. The quantitative estimate of drug-likeness (QED) is 0.776. The Balaban J connectivity index is 3.34. The monoisotopic (exact) mass is 194 g/mol. The fourth-order valence-corrected chi connectivity index (χ4v) is 1.60. The molecule has 0 saturated heterocycles. The third kappa shape index (κ3) is 1.87. The Kier molecular flexibility index (Phi) is 3.11. The van der Waals surface area contributed by atoms with Crippen LogP contribution >= 0.6 is 0 Å². The van der Waals surface area contributed by atoms with Crippen molar-refractivity contribution < 1.29 is 0 Å². The standard InChI is InChI=1S/C11H18N2O/c1-7(2)10-6-5-9(8(3)12)11(14)13(10)4/h5-8H,12H2,1-4H3. The van der Waals surface area contributed by atoms with Crippen LogP contribution in [0.5, 0.6) is 0 Å². The number of aromatic nitrogens is 1. The molecule has 0 aliphatic carbocycles. The first-order chi connectivity index (χ1) is 6.45. The predicted molar refractivity (Wildman–Crippen MR) is 58.4 cm³/mol. The molecule has 0 amide bonds. The molecule has 0 bridgehead atoms. The van der Waals surface area contributed by atoms with Crippen molar-refractivity contribution in [2.24, 2.45) is 12.8 Å². The Morgan fingerprint density at radius 3 is 2.29 bits per heavy atom. The van der Waals surface area contributed by atoms with Crippen LogP contribution in [0.25, 0.3) is 0 Å². The minimum Gasteiger partial charge on any atom is -0.324 e. The van der Waals surface area contributed by atoms with E-state index in [1.807, 2.05) is 19.1 Å². The van der Waals surface area contributed by atoms with E-state index in [4.69, 9.17) is 5.73 Å². The molecule has 0 aromatic carbocycles. The summed E-state index contributed by atoms with van der Waals surface area (Å²) in [5, 5.41) is 0. The average molecular weight is 194 g/mol. The molecule has 0 fully saturated rings. The molecule has 1 aromatic rings. The van der Waals surface area contributed by atoms with E-state index in [2.05, 4.69) is 13.8 Å². The van der Waals surface area contributed by atoms with Gasteiger partial charge in [-0.15, -0.1) is 0 Å². The van der Waals surface area contributed by atoms with Crippen LogP contribution in [0, 0.1) is 0 Å². The van der Waals surface area contributed by atoms with Crippen LogP contribution < -0.4 is 11.3 Å². The predicted octanol–water partition coefficient (Wildman–Crippen LogP) is 1.53. The molecule has 0 saturated carbocycles. The molecule has 0 aliphatic heterocycles. The topological polar surface area (TPSA) is 48.0 Å². The zero-order valence-electron chi connectivity index (χ0n) is 9.24. The van der Waals surface area contributed by atoms with E-state index in [9.17, 15) is 4.79 Å². The normalized spacial score (nSPS) is 13.3. The summed E-state index contributed by atoms with van der Waals surface area (Å²) in [6, 6.07) is 3.61. The molecular formula is C11H18N2O. The van der Waals surface area contributed by atoms with Gasteiger partial charge in [0.15, 0.2) is 0 Å². The van der Waals surface area contributed by atoms with Crippen molar-refractivity contribution in [2.45, 2.75) is 32.7 Å². The van der Waals surface area contributed by atoms with Gasteiger partial charge in [-0.2, -0.15) is 0 Å². The molecule has 1 aromatic heterocycles. The molecule has 1 heterocycles. The fraction of sp³-hybridized carbons (Fsp3) is 0.545. The molecule has 1 unspecified atom stereocenters. The van der Waals surface area contributed by atoms with Crippen molar-refractivity contribution in [3.05, 3.63) is 33.7 Å². The SMILES string of the molecule is CC(C)c1ccc(C(C)N)c(=O)n1C. The number of nitrogens with zero attached hydrogens (tertiary/aromatic N) is 1. The van der Waals surface area contributed by atoms with Gasteiger partial charge >= 0.3 is 0 Å². The van der Waals surface area contributed by atoms with Gasteiger partial charge in [0.1, 0.15) is 0 Å². The first-order valence-corrected chi connectivity index (χ1v) is 4.90. The Hall–Kier alpha value is -1.09. The number of nitrogens with two attached hydrogens (primary N) is 1. The lowest BCUT2D eigenvalue weighted by molar-refractivity contribution is 0.681. The van der Waals surface area contributed by atoms with Gasteiger partial charge in [-0.1, -0.05) is 19.9 Å². The first kappa shape index (κ1) is 11.0. The summed E-state index contributed by atoms with van der Waals surface area (Å²) in [7, 11) is 1.80. The maximum absolute atomic E-state index is 11.8. The van der Waals surface area contributed by atoms with E-state index < -0.39 is 0 Å². The van der Waals surface area contributed by atoms with Crippen LogP contribution in [-0.2, 0) is 7.05 Å². The van der Waals surface area contributed by atoms with Gasteiger partial charge in [0.05, 0.1) is 0 Å². The maximum Gasteiger partial charge on any atom is 0.255 e. The van der Waals surface area contributed by atoms with E-state index in [1.54, 1.807) is 11.6 Å². The van der Waals surface area contributed by atoms with E-state index >= 15 is 0 Å². The smallest absolute Gasteiger partial charge is 0.255 e. The summed E-state index contributed by atoms with van der Waals surface area (Å²) in [6.07, 6.45) is 0. The minimum absolute atomic E-state index is 0.0196. The van der Waals surface area contributed by atoms with Gasteiger partial charge in [0.2, 0.25) is 0 Å². The number of hydrogen-bond acceptors (Lipinski definition) is 2. The van der Waals surface area contributed by atoms with E-state index in [0.29, 0.717) is 11.5 Å². The van der Waals surface area contributed by atoms with Crippen molar-refractivity contribution in [1.29, 1.82) is 0 Å². The maximum atomic E-state index is 11.8. The zero-order chi connectivity index (χ0) is 10.9. The van der Waals surface area contributed by atoms with Crippen LogP contribution in [-0.4, -0.2) is 4.57 Å². The van der Waals surface area contributed by atoms with Gasteiger partial charge in [0.25, 0.3) is 5.56 Å². The molecule has 1 atom stereocenters. The van der Waals surface area contributed by atoms with Gasteiger partial charge in [0, 0.05) is 24.3 Å². The molecule has 3 heteroatoms. The summed E-state index contributed by atoms with van der Waals surface area (Å²) >= 11 is 0. The zero-order valence-corrected chi connectivity index (χ0v) is 9.24. The van der Waals surface area contributed by atoms with Gasteiger partial charge in [-0.05, 0) is 18.9 Å². The number of pyridine rings is 1. The highest BCUT2D eigenvalue weighted by atomic mass is 16.1. The Morgan fingerprint density at radius 2 is 1.86 bits per heavy atom. The van der Waals surface area contributed by atoms with Crippen LogP contribution in [0.15, 0.2) is 16.9 Å². The Morgan fingerprint density at radius 1 is 1.29 bits per heavy atom. The van der Waals surface area contributed by atoms with Crippen molar-refractivity contribution in [3.63, 3.8) is 0 Å². The van der Waals surface area contributed by atoms with Crippen LogP contribution in [0.4, 0.5) is 0 Å². The molecule has 0 radical (unpaired) electrons. The van der Waals surface area contributed by atoms with E-state index in [0.717, 1.165) is 5.69 Å². The van der Waals surface area contributed by atoms with E-state index in [1.165, 1.54) is 0 Å². The molecule has 14 heavy (non-hydrogen) atoms. The van der Waals surface area contributed by atoms with Crippen molar-refractivity contribution >= 4 is 0 Å². The lowest BCUT2D eigenvalue weighted by Gasteiger charge is -2.14. The second-order valence-corrected chi connectivity index (χ2v) is 4.02. The highest BCUT2D eigenvalue weighted by Crippen LogP contribution is 2.13. The lowest BCUT2D eigenvalue weighted by atomic mass is 10.1. The second kappa shape index (κ2) is 3.96. The molecule has 3 nitrogen and oxygen atoms in total. The highest BCUT2D eigenvalue weighted by molar-refractivity contribution is 5.20. The molecule has 0 spiro atoms. The third-order valence-corrected chi connectivity index (χ3v) is 2.45. The molecule has 2 N–H and O–H groups in total. The Labute approximate surface area is 84.6 Å². The molecule has 78 valence electrons. The Bertz CT molecular complexity index is 377. The molecule has 0 aliphatic rings. The lowest BCUT2D eigenvalue weighted by Crippen LogP contribution is -2.27. The van der Waals surface area contributed by atoms with Crippen LogP contribution in [0.2, 0.25) is 0 Å². The molecule has 1 rings (SSSR count). The summed E-state index contributed by atoms with van der Waals surface area (Å²) in [5.41, 5.74) is 7.43. The van der Waals surface area contributed by atoms with Crippen molar-refractivity contribution in [1.82, 2.24) is 4.57 Å². The van der Waals surface area contributed by atoms with Crippen LogP contribution in [0.3, 0.4) is 0 Å². The molecular weight excluding hydrogens is 176 g/mol. The van der Waals surface area contributed by atoms with Crippen molar-refractivity contribution in [3.8, 4) is 0 Å². The van der Waals surface area contributed by atoms with Crippen LogP contribution in [0.1, 0.15) is 44.0 Å². The summed E-state index contributed by atoms with van der Waals surface area (Å²) in [4.78, 5) is 11.8. The van der Waals surface area contributed by atoms with Gasteiger partial charge < -0.3 is 10.3 Å². The summed E-state index contributed by atoms with van der Waals surface area (Å²) in [5.74, 6) is 0.356. The second-order valence-electron chi connectivity index (χ2n) is 4.02. The van der Waals surface area contributed by atoms with Gasteiger partial charge in [-0.3, -0.25) is 4.79 Å². The number of hydrogen-bond donors (Lipinski definition) is 1. The van der Waals surface area contributed by atoms with Gasteiger partial charge in [-0.25, -0.2) is 0 Å².